The van der Waals surface area contributed by atoms with Gasteiger partial charge in [0.15, 0.2) is 0 Å². The first-order valence-electron chi connectivity index (χ1n) is 5.97. The summed E-state index contributed by atoms with van der Waals surface area (Å²) in [5, 5.41) is 2.29. The second-order valence-corrected chi connectivity index (χ2v) is 4.50. The summed E-state index contributed by atoms with van der Waals surface area (Å²) in [5.41, 5.74) is 4.30. The smallest absolute Gasteiger partial charge is 0.0413 e. The Kier molecular flexibility index (Phi) is 3.63. The lowest BCUT2D eigenvalue weighted by atomic mass is 10.1. The molecule has 2 heterocycles. The van der Waals surface area contributed by atoms with Gasteiger partial charge in [-0.1, -0.05) is 13.2 Å². The van der Waals surface area contributed by atoms with Gasteiger partial charge in [-0.25, -0.2) is 5.01 Å². The van der Waals surface area contributed by atoms with E-state index >= 15 is 0 Å². The summed E-state index contributed by atoms with van der Waals surface area (Å²) >= 11 is 0. The van der Waals surface area contributed by atoms with E-state index in [0.29, 0.717) is 6.04 Å². The normalized spacial score (nSPS) is 27.6. The van der Waals surface area contributed by atoms with Crippen LogP contribution in [0.25, 0.3) is 0 Å². The van der Waals surface area contributed by atoms with E-state index in [9.17, 15) is 0 Å². The summed E-state index contributed by atoms with van der Waals surface area (Å²) in [4.78, 5) is 4.92. The van der Waals surface area contributed by atoms with Gasteiger partial charge in [-0.3, -0.25) is 10.3 Å². The average molecular weight is 222 g/mol. The summed E-state index contributed by atoms with van der Waals surface area (Å²) in [7, 11) is 2.00. The van der Waals surface area contributed by atoms with Crippen LogP contribution in [0.4, 0.5) is 0 Å². The zero-order chi connectivity index (χ0) is 11.5. The van der Waals surface area contributed by atoms with Crippen LogP contribution < -0.4 is 5.43 Å². The van der Waals surface area contributed by atoms with Gasteiger partial charge in [0.2, 0.25) is 0 Å². The molecule has 1 atom stereocenters. The summed E-state index contributed by atoms with van der Waals surface area (Å²) in [6.45, 7) is 14.5. The third-order valence-corrected chi connectivity index (χ3v) is 3.65. The van der Waals surface area contributed by atoms with Crippen molar-refractivity contribution in [2.45, 2.75) is 6.04 Å². The van der Waals surface area contributed by atoms with Gasteiger partial charge >= 0.3 is 0 Å². The molecule has 0 aromatic heterocycles. The molecule has 16 heavy (non-hydrogen) atoms. The number of hydrazine groups is 1. The molecule has 2 aliphatic heterocycles. The average Bonchev–Trinajstić information content (AvgIpc) is 2.36. The van der Waals surface area contributed by atoms with Crippen molar-refractivity contribution in [1.29, 1.82) is 0 Å². The highest BCUT2D eigenvalue weighted by Crippen LogP contribution is 2.17. The summed E-state index contributed by atoms with van der Waals surface area (Å²) in [5.74, 6) is 0. The minimum absolute atomic E-state index is 0.617. The largest absolute Gasteiger partial charge is 0.369 e. The number of hydrogen-bond acceptors (Lipinski definition) is 4. The maximum atomic E-state index is 4.03. The van der Waals surface area contributed by atoms with Crippen LogP contribution in [0.2, 0.25) is 0 Å². The lowest BCUT2D eigenvalue weighted by Gasteiger charge is -2.47. The first-order chi connectivity index (χ1) is 7.74. The van der Waals surface area contributed by atoms with Gasteiger partial charge in [0, 0.05) is 51.0 Å². The molecular weight excluding hydrogens is 200 g/mol. The number of rotatable bonds is 3. The van der Waals surface area contributed by atoms with E-state index in [1.807, 2.05) is 13.1 Å². The fraction of sp³-hybridized carbons (Fsp3) is 0.667. The first-order valence-corrected chi connectivity index (χ1v) is 5.97. The Hall–Kier alpha value is -0.840. The van der Waals surface area contributed by atoms with Gasteiger partial charge in [-0.2, -0.15) is 0 Å². The SMILES string of the molecule is C=CC(=C)N1CCN2CCN(NC)CC2C1. The molecule has 2 saturated heterocycles. The summed E-state index contributed by atoms with van der Waals surface area (Å²) < 4.78 is 0. The van der Waals surface area contributed by atoms with Gasteiger partial charge in [-0.15, -0.1) is 0 Å². The molecule has 0 bridgehead atoms. The standard InChI is InChI=1S/C12H22N4/c1-4-11(2)15-6-5-14-7-8-16(13-3)10-12(14)9-15/h4,12-13H,1-2,5-10H2,3H3. The van der Waals surface area contributed by atoms with Crippen molar-refractivity contribution < 1.29 is 0 Å². The Morgan fingerprint density at radius 2 is 2.00 bits per heavy atom. The van der Waals surface area contributed by atoms with E-state index in [1.54, 1.807) is 0 Å². The third-order valence-electron chi connectivity index (χ3n) is 3.65. The fourth-order valence-electron chi connectivity index (χ4n) is 2.55. The number of nitrogens with one attached hydrogen (secondary N) is 1. The molecular formula is C12H22N4. The van der Waals surface area contributed by atoms with Crippen molar-refractivity contribution in [3.63, 3.8) is 0 Å². The predicted molar refractivity (Wildman–Crippen MR) is 66.9 cm³/mol. The Labute approximate surface area is 98.2 Å². The Balaban J connectivity index is 1.95. The van der Waals surface area contributed by atoms with Crippen LogP contribution >= 0.6 is 0 Å². The van der Waals surface area contributed by atoms with E-state index < -0.39 is 0 Å². The van der Waals surface area contributed by atoms with Crippen molar-refractivity contribution in [2.75, 3.05) is 46.3 Å². The molecule has 0 aromatic carbocycles. The van der Waals surface area contributed by atoms with Crippen molar-refractivity contribution in [3.05, 3.63) is 24.9 Å². The van der Waals surface area contributed by atoms with Crippen molar-refractivity contribution in [3.8, 4) is 0 Å². The summed E-state index contributed by atoms with van der Waals surface area (Å²) in [6.07, 6.45) is 1.86. The van der Waals surface area contributed by atoms with Gasteiger partial charge in [0.25, 0.3) is 0 Å². The molecule has 0 radical (unpaired) electrons. The second-order valence-electron chi connectivity index (χ2n) is 4.50. The zero-order valence-corrected chi connectivity index (χ0v) is 10.2. The zero-order valence-electron chi connectivity index (χ0n) is 10.2. The second kappa shape index (κ2) is 4.99. The number of allylic oxidation sites excluding steroid dienone is 1. The molecule has 2 rings (SSSR count). The Morgan fingerprint density at radius 3 is 2.69 bits per heavy atom. The third kappa shape index (κ3) is 2.29. The van der Waals surface area contributed by atoms with Crippen molar-refractivity contribution in [1.82, 2.24) is 20.2 Å². The molecule has 0 aromatic rings. The summed E-state index contributed by atoms with van der Waals surface area (Å²) in [6, 6.07) is 0.617. The van der Waals surface area contributed by atoms with Crippen LogP contribution in [0.1, 0.15) is 0 Å². The monoisotopic (exact) mass is 222 g/mol. The van der Waals surface area contributed by atoms with E-state index in [-0.39, 0.29) is 0 Å². The number of nitrogens with zero attached hydrogens (tertiary/aromatic N) is 3. The van der Waals surface area contributed by atoms with Crippen LogP contribution in [-0.4, -0.2) is 67.2 Å². The van der Waals surface area contributed by atoms with E-state index in [2.05, 4.69) is 33.4 Å². The molecule has 4 heteroatoms. The first kappa shape index (κ1) is 11.6. The molecule has 0 amide bonds. The van der Waals surface area contributed by atoms with Gasteiger partial charge < -0.3 is 4.90 Å². The maximum Gasteiger partial charge on any atom is 0.0413 e. The molecule has 0 spiro atoms. The number of fused-ring (bicyclic) bond motifs is 1. The molecule has 2 aliphatic rings. The van der Waals surface area contributed by atoms with Crippen LogP contribution in [0, 0.1) is 0 Å². The molecule has 0 saturated carbocycles. The van der Waals surface area contributed by atoms with Crippen LogP contribution in [-0.2, 0) is 0 Å². The molecule has 4 nitrogen and oxygen atoms in total. The van der Waals surface area contributed by atoms with Gasteiger partial charge in [0.1, 0.15) is 0 Å². The Morgan fingerprint density at radius 1 is 1.25 bits per heavy atom. The van der Waals surface area contributed by atoms with Gasteiger partial charge in [-0.05, 0) is 13.1 Å². The Bertz CT molecular complexity index is 276. The topological polar surface area (TPSA) is 21.8 Å². The highest BCUT2D eigenvalue weighted by molar-refractivity contribution is 5.11. The lowest BCUT2D eigenvalue weighted by Crippen LogP contribution is -2.63. The molecule has 0 aliphatic carbocycles. The van der Waals surface area contributed by atoms with Crippen LogP contribution in [0.3, 0.4) is 0 Å². The van der Waals surface area contributed by atoms with Crippen LogP contribution in [0.5, 0.6) is 0 Å². The van der Waals surface area contributed by atoms with E-state index in [4.69, 9.17) is 0 Å². The highest BCUT2D eigenvalue weighted by Gasteiger charge is 2.31. The number of hydrogen-bond donors (Lipinski definition) is 1. The van der Waals surface area contributed by atoms with E-state index in [1.165, 1.54) is 6.54 Å². The predicted octanol–water partition coefficient (Wildman–Crippen LogP) is 0.122. The lowest BCUT2D eigenvalue weighted by molar-refractivity contribution is 0.00715. The molecule has 1 N–H and O–H groups in total. The van der Waals surface area contributed by atoms with E-state index in [0.717, 1.165) is 38.4 Å². The molecule has 1 unspecified atom stereocenters. The molecule has 2 fully saturated rings. The fourth-order valence-corrected chi connectivity index (χ4v) is 2.55. The minimum atomic E-state index is 0.617. The van der Waals surface area contributed by atoms with Crippen molar-refractivity contribution >= 4 is 0 Å². The maximum absolute atomic E-state index is 4.03. The molecule has 90 valence electrons. The number of piperazine rings is 2. The van der Waals surface area contributed by atoms with Crippen LogP contribution in [0.15, 0.2) is 24.9 Å². The van der Waals surface area contributed by atoms with Crippen molar-refractivity contribution in [2.24, 2.45) is 0 Å². The van der Waals surface area contributed by atoms with Gasteiger partial charge in [0.05, 0.1) is 0 Å². The quantitative estimate of drug-likeness (QED) is 0.685. The minimum Gasteiger partial charge on any atom is -0.369 e. The highest BCUT2D eigenvalue weighted by atomic mass is 15.5.